The lowest BCUT2D eigenvalue weighted by molar-refractivity contribution is 1.10. The zero-order valence-corrected chi connectivity index (χ0v) is 6.61. The third-order valence-electron chi connectivity index (χ3n) is 1.14. The summed E-state index contributed by atoms with van der Waals surface area (Å²) < 4.78 is 0. The van der Waals surface area contributed by atoms with E-state index in [1.807, 2.05) is 13.1 Å². The summed E-state index contributed by atoms with van der Waals surface area (Å²) >= 11 is 1.67. The van der Waals surface area contributed by atoms with Gasteiger partial charge in [0.2, 0.25) is 6.54 Å². The van der Waals surface area contributed by atoms with Crippen molar-refractivity contribution in [2.75, 3.05) is 6.54 Å². The van der Waals surface area contributed by atoms with Crippen LogP contribution in [0.5, 0.6) is 0 Å². The Morgan fingerprint density at radius 1 is 1.80 bits per heavy atom. The highest BCUT2D eigenvalue weighted by molar-refractivity contribution is 7.11. The maximum Gasteiger partial charge on any atom is 0.219 e. The van der Waals surface area contributed by atoms with Crippen LogP contribution in [0.4, 0.5) is 0 Å². The lowest BCUT2D eigenvalue weighted by Crippen LogP contribution is -1.80. The van der Waals surface area contributed by atoms with Crippen molar-refractivity contribution in [3.63, 3.8) is 0 Å². The van der Waals surface area contributed by atoms with E-state index >= 15 is 0 Å². The molecule has 1 aromatic heterocycles. The van der Waals surface area contributed by atoms with Crippen LogP contribution in [-0.2, 0) is 6.42 Å². The maximum absolute atomic E-state index is 6.57. The summed E-state index contributed by atoms with van der Waals surface area (Å²) in [6.07, 6.45) is 2.71. The SMILES string of the molecule is [C-]#[N+]CCc1cnc(C)s1. The van der Waals surface area contributed by atoms with Crippen LogP contribution in [0.3, 0.4) is 0 Å². The summed E-state index contributed by atoms with van der Waals surface area (Å²) in [5, 5.41) is 1.08. The van der Waals surface area contributed by atoms with Gasteiger partial charge in [-0.15, -0.1) is 11.3 Å². The van der Waals surface area contributed by atoms with Gasteiger partial charge >= 0.3 is 0 Å². The van der Waals surface area contributed by atoms with E-state index in [9.17, 15) is 0 Å². The Balaban J connectivity index is 2.52. The number of aromatic nitrogens is 1. The first kappa shape index (κ1) is 7.23. The minimum atomic E-state index is 0.585. The first-order chi connectivity index (χ1) is 4.83. The van der Waals surface area contributed by atoms with Crippen LogP contribution >= 0.6 is 11.3 Å². The Morgan fingerprint density at radius 3 is 3.10 bits per heavy atom. The van der Waals surface area contributed by atoms with Gasteiger partial charge in [0, 0.05) is 11.1 Å². The topological polar surface area (TPSA) is 17.2 Å². The smallest absolute Gasteiger partial charge is 0.219 e. The minimum absolute atomic E-state index is 0.585. The molecule has 0 bridgehead atoms. The number of nitrogens with zero attached hydrogens (tertiary/aromatic N) is 2. The van der Waals surface area contributed by atoms with E-state index in [2.05, 4.69) is 9.83 Å². The standard InChI is InChI=1S/C7H8N2S/c1-6-9-5-7(10-6)3-4-8-2/h5H,3-4H2,1H3. The van der Waals surface area contributed by atoms with Crippen molar-refractivity contribution in [1.82, 2.24) is 4.98 Å². The lowest BCUT2D eigenvalue weighted by Gasteiger charge is -1.81. The monoisotopic (exact) mass is 152 g/mol. The fraction of sp³-hybridized carbons (Fsp3) is 0.429. The van der Waals surface area contributed by atoms with E-state index in [4.69, 9.17) is 6.57 Å². The van der Waals surface area contributed by atoms with Crippen molar-refractivity contribution in [2.24, 2.45) is 0 Å². The fourth-order valence-electron chi connectivity index (χ4n) is 0.687. The number of rotatable bonds is 2. The number of hydrogen-bond acceptors (Lipinski definition) is 2. The molecule has 1 heterocycles. The molecule has 1 aromatic rings. The first-order valence-corrected chi connectivity index (χ1v) is 3.89. The van der Waals surface area contributed by atoms with Crippen molar-refractivity contribution in [3.8, 4) is 0 Å². The first-order valence-electron chi connectivity index (χ1n) is 3.07. The van der Waals surface area contributed by atoms with Gasteiger partial charge in [-0.1, -0.05) is 0 Å². The molecule has 2 nitrogen and oxygen atoms in total. The molecule has 0 aliphatic rings. The van der Waals surface area contributed by atoms with Gasteiger partial charge in [-0.3, -0.25) is 0 Å². The Kier molecular flexibility index (Phi) is 2.41. The second kappa shape index (κ2) is 3.33. The molecule has 0 saturated heterocycles. The molecular weight excluding hydrogens is 144 g/mol. The Morgan fingerprint density at radius 2 is 2.60 bits per heavy atom. The highest BCUT2D eigenvalue weighted by Crippen LogP contribution is 2.11. The van der Waals surface area contributed by atoms with Crippen LogP contribution in [0.1, 0.15) is 9.88 Å². The average Bonchev–Trinajstić information content (AvgIpc) is 2.31. The summed E-state index contributed by atoms with van der Waals surface area (Å²) in [7, 11) is 0. The van der Waals surface area contributed by atoms with Crippen molar-refractivity contribution in [1.29, 1.82) is 0 Å². The molecule has 0 atom stereocenters. The van der Waals surface area contributed by atoms with E-state index in [1.165, 1.54) is 4.88 Å². The second-order valence-corrected chi connectivity index (χ2v) is 3.30. The highest BCUT2D eigenvalue weighted by Gasteiger charge is 1.97. The summed E-state index contributed by atoms with van der Waals surface area (Å²) in [5.74, 6) is 0. The molecule has 1 rings (SSSR count). The molecule has 0 radical (unpaired) electrons. The molecule has 3 heteroatoms. The summed E-state index contributed by atoms with van der Waals surface area (Å²) in [6, 6.07) is 0. The van der Waals surface area contributed by atoms with Crippen molar-refractivity contribution < 1.29 is 0 Å². The fourth-order valence-corrected chi connectivity index (χ4v) is 1.47. The van der Waals surface area contributed by atoms with E-state index in [-0.39, 0.29) is 0 Å². The highest BCUT2D eigenvalue weighted by atomic mass is 32.1. The summed E-state index contributed by atoms with van der Waals surface area (Å²) in [4.78, 5) is 8.57. The van der Waals surface area contributed by atoms with Crippen LogP contribution in [0.2, 0.25) is 0 Å². The molecule has 0 aromatic carbocycles. The number of thiazole rings is 1. The Labute approximate surface area is 64.4 Å². The van der Waals surface area contributed by atoms with E-state index in [0.717, 1.165) is 11.4 Å². The van der Waals surface area contributed by atoms with Gasteiger partial charge in [-0.05, 0) is 6.92 Å². The average molecular weight is 152 g/mol. The molecule has 0 amide bonds. The van der Waals surface area contributed by atoms with Crippen LogP contribution in [0, 0.1) is 13.5 Å². The third kappa shape index (κ3) is 1.82. The van der Waals surface area contributed by atoms with Crippen molar-refractivity contribution >= 4 is 11.3 Å². The van der Waals surface area contributed by atoms with Gasteiger partial charge in [0.1, 0.15) is 0 Å². The predicted molar refractivity (Wildman–Crippen MR) is 42.0 cm³/mol. The van der Waals surface area contributed by atoms with E-state index in [1.54, 1.807) is 11.3 Å². The van der Waals surface area contributed by atoms with Crippen LogP contribution in [0.25, 0.3) is 4.85 Å². The molecule has 0 aliphatic heterocycles. The molecule has 10 heavy (non-hydrogen) atoms. The number of aryl methyl sites for hydroxylation is 1. The minimum Gasteiger partial charge on any atom is -0.317 e. The molecule has 0 fully saturated rings. The zero-order valence-electron chi connectivity index (χ0n) is 5.79. The predicted octanol–water partition coefficient (Wildman–Crippen LogP) is 1.91. The second-order valence-electron chi connectivity index (χ2n) is 1.98. The third-order valence-corrected chi connectivity index (χ3v) is 2.11. The summed E-state index contributed by atoms with van der Waals surface area (Å²) in [6.45, 7) is 9.13. The van der Waals surface area contributed by atoms with E-state index in [0.29, 0.717) is 6.54 Å². The molecule has 52 valence electrons. The molecule has 0 aliphatic carbocycles. The van der Waals surface area contributed by atoms with Crippen molar-refractivity contribution in [2.45, 2.75) is 13.3 Å². The molecule has 0 unspecified atom stereocenters. The van der Waals surface area contributed by atoms with Gasteiger partial charge in [-0.25, -0.2) is 11.6 Å². The normalized spacial score (nSPS) is 9.20. The zero-order chi connectivity index (χ0) is 7.40. The molecule has 0 saturated carbocycles. The lowest BCUT2D eigenvalue weighted by atomic mass is 10.4. The largest absolute Gasteiger partial charge is 0.317 e. The maximum atomic E-state index is 6.57. The quantitative estimate of drug-likeness (QED) is 0.592. The molecule has 0 spiro atoms. The Hall–Kier alpha value is -0.880. The van der Waals surface area contributed by atoms with Crippen LogP contribution in [-0.4, -0.2) is 11.5 Å². The van der Waals surface area contributed by atoms with Gasteiger partial charge in [0.25, 0.3) is 0 Å². The van der Waals surface area contributed by atoms with Gasteiger partial charge in [-0.2, -0.15) is 0 Å². The van der Waals surface area contributed by atoms with E-state index < -0.39 is 0 Å². The number of hydrogen-bond donors (Lipinski definition) is 0. The van der Waals surface area contributed by atoms with Crippen LogP contribution in [0.15, 0.2) is 6.20 Å². The summed E-state index contributed by atoms with van der Waals surface area (Å²) in [5.41, 5.74) is 0. The Bertz CT molecular complexity index is 246. The molecular formula is C7H8N2S. The molecule has 0 N–H and O–H groups in total. The van der Waals surface area contributed by atoms with Gasteiger partial charge < -0.3 is 4.85 Å². The van der Waals surface area contributed by atoms with Gasteiger partial charge in [0.05, 0.1) is 11.4 Å². The van der Waals surface area contributed by atoms with Gasteiger partial charge in [0.15, 0.2) is 0 Å². The van der Waals surface area contributed by atoms with Crippen LogP contribution < -0.4 is 0 Å². The van der Waals surface area contributed by atoms with Crippen molar-refractivity contribution in [3.05, 3.63) is 27.5 Å².